The highest BCUT2D eigenvalue weighted by atomic mass is 79.9. The van der Waals surface area contributed by atoms with Gasteiger partial charge in [0.15, 0.2) is 0 Å². The van der Waals surface area contributed by atoms with Gasteiger partial charge in [-0.05, 0) is 44.0 Å². The SMILES string of the molecule is O=c1[nH]c2ccc(Br)cc2n1C1CCCCN1. The van der Waals surface area contributed by atoms with E-state index in [1.165, 1.54) is 12.8 Å². The largest absolute Gasteiger partial charge is 0.327 e. The van der Waals surface area contributed by atoms with E-state index in [9.17, 15) is 4.79 Å². The number of aromatic amines is 1. The number of benzene rings is 1. The zero-order valence-electron chi connectivity index (χ0n) is 9.37. The number of nitrogens with zero attached hydrogens (tertiary/aromatic N) is 1. The molecule has 3 rings (SSSR count). The highest BCUT2D eigenvalue weighted by Crippen LogP contribution is 2.22. The van der Waals surface area contributed by atoms with Crippen LogP contribution >= 0.6 is 15.9 Å². The van der Waals surface area contributed by atoms with Crippen molar-refractivity contribution in [2.75, 3.05) is 6.54 Å². The quantitative estimate of drug-likeness (QED) is 0.849. The molecule has 0 aliphatic carbocycles. The molecule has 1 aliphatic heterocycles. The number of imidazole rings is 1. The summed E-state index contributed by atoms with van der Waals surface area (Å²) in [4.78, 5) is 14.9. The Balaban J connectivity index is 2.16. The number of halogens is 1. The maximum Gasteiger partial charge on any atom is 0.327 e. The summed E-state index contributed by atoms with van der Waals surface area (Å²) in [7, 11) is 0. The highest BCUT2D eigenvalue weighted by molar-refractivity contribution is 9.10. The van der Waals surface area contributed by atoms with Crippen molar-refractivity contribution < 1.29 is 0 Å². The molecule has 1 aliphatic rings. The van der Waals surface area contributed by atoms with Gasteiger partial charge in [0.25, 0.3) is 0 Å². The lowest BCUT2D eigenvalue weighted by atomic mass is 10.1. The van der Waals surface area contributed by atoms with Crippen LogP contribution < -0.4 is 11.0 Å². The molecule has 1 atom stereocenters. The van der Waals surface area contributed by atoms with Crippen LogP contribution in [0.5, 0.6) is 0 Å². The van der Waals surface area contributed by atoms with E-state index in [4.69, 9.17) is 0 Å². The molecule has 2 aromatic rings. The van der Waals surface area contributed by atoms with Crippen molar-refractivity contribution in [1.82, 2.24) is 14.9 Å². The van der Waals surface area contributed by atoms with Gasteiger partial charge in [-0.15, -0.1) is 0 Å². The number of aromatic nitrogens is 2. The molecule has 90 valence electrons. The lowest BCUT2D eigenvalue weighted by Gasteiger charge is -2.24. The Kier molecular flexibility index (Phi) is 2.80. The van der Waals surface area contributed by atoms with Gasteiger partial charge < -0.3 is 4.98 Å². The van der Waals surface area contributed by atoms with Gasteiger partial charge in [0.05, 0.1) is 17.2 Å². The summed E-state index contributed by atoms with van der Waals surface area (Å²) in [5.41, 5.74) is 1.83. The first-order valence-electron chi connectivity index (χ1n) is 5.89. The van der Waals surface area contributed by atoms with Crippen LogP contribution in [0.25, 0.3) is 11.0 Å². The first-order chi connectivity index (χ1) is 8.25. The van der Waals surface area contributed by atoms with Crippen LogP contribution in [-0.2, 0) is 0 Å². The average molecular weight is 296 g/mol. The second-order valence-electron chi connectivity index (χ2n) is 4.43. The number of H-pyrrole nitrogens is 1. The van der Waals surface area contributed by atoms with Crippen LogP contribution in [0.3, 0.4) is 0 Å². The van der Waals surface area contributed by atoms with Crippen LogP contribution in [0.2, 0.25) is 0 Å². The van der Waals surface area contributed by atoms with Gasteiger partial charge in [-0.2, -0.15) is 0 Å². The zero-order valence-corrected chi connectivity index (χ0v) is 11.0. The standard InChI is InChI=1S/C12H14BrN3O/c13-8-4-5-9-10(7-8)16(12(17)15-9)11-3-1-2-6-14-11/h4-5,7,11,14H,1-3,6H2,(H,15,17). The number of nitrogens with one attached hydrogen (secondary N) is 2. The van der Waals surface area contributed by atoms with Gasteiger partial charge in [0, 0.05) is 4.47 Å². The third-order valence-electron chi connectivity index (χ3n) is 3.28. The summed E-state index contributed by atoms with van der Waals surface area (Å²) in [6.07, 6.45) is 3.50. The summed E-state index contributed by atoms with van der Waals surface area (Å²) in [6, 6.07) is 5.86. The Morgan fingerprint density at radius 3 is 3.00 bits per heavy atom. The van der Waals surface area contributed by atoms with Gasteiger partial charge in [-0.1, -0.05) is 15.9 Å². The third kappa shape index (κ3) is 1.93. The Morgan fingerprint density at radius 2 is 2.24 bits per heavy atom. The van der Waals surface area contributed by atoms with Crippen LogP contribution in [0.15, 0.2) is 27.5 Å². The van der Waals surface area contributed by atoms with E-state index >= 15 is 0 Å². The Morgan fingerprint density at radius 1 is 1.35 bits per heavy atom. The van der Waals surface area contributed by atoms with Crippen LogP contribution in [0, 0.1) is 0 Å². The minimum Gasteiger partial charge on any atom is -0.305 e. The van der Waals surface area contributed by atoms with Crippen LogP contribution in [0.1, 0.15) is 25.4 Å². The molecule has 1 unspecified atom stereocenters. The summed E-state index contributed by atoms with van der Waals surface area (Å²) < 4.78 is 2.83. The molecule has 2 heterocycles. The lowest BCUT2D eigenvalue weighted by molar-refractivity contribution is 0.321. The van der Waals surface area contributed by atoms with Crippen molar-refractivity contribution in [2.24, 2.45) is 0 Å². The number of hydrogen-bond acceptors (Lipinski definition) is 2. The summed E-state index contributed by atoms with van der Waals surface area (Å²) in [6.45, 7) is 0.984. The van der Waals surface area contributed by atoms with E-state index in [2.05, 4.69) is 26.2 Å². The number of fused-ring (bicyclic) bond motifs is 1. The highest BCUT2D eigenvalue weighted by Gasteiger charge is 2.18. The molecule has 1 aromatic carbocycles. The maximum atomic E-state index is 12.0. The maximum absolute atomic E-state index is 12.0. The van der Waals surface area contributed by atoms with Crippen LogP contribution in [-0.4, -0.2) is 16.1 Å². The Bertz CT molecular complexity index is 595. The monoisotopic (exact) mass is 295 g/mol. The minimum atomic E-state index is -0.0301. The molecule has 0 saturated carbocycles. The van der Waals surface area contributed by atoms with Crippen molar-refractivity contribution >= 4 is 27.0 Å². The number of hydrogen-bond donors (Lipinski definition) is 2. The second-order valence-corrected chi connectivity index (χ2v) is 5.34. The molecule has 17 heavy (non-hydrogen) atoms. The average Bonchev–Trinajstić information content (AvgIpc) is 2.65. The normalized spacial score (nSPS) is 20.9. The topological polar surface area (TPSA) is 49.8 Å². The lowest BCUT2D eigenvalue weighted by Crippen LogP contribution is -2.36. The molecule has 0 amide bonds. The molecular formula is C12H14BrN3O. The van der Waals surface area contributed by atoms with E-state index < -0.39 is 0 Å². The van der Waals surface area contributed by atoms with Gasteiger partial charge >= 0.3 is 5.69 Å². The number of rotatable bonds is 1. The Labute approximate surface area is 107 Å². The first-order valence-corrected chi connectivity index (χ1v) is 6.68. The van der Waals surface area contributed by atoms with E-state index in [0.717, 1.165) is 28.5 Å². The van der Waals surface area contributed by atoms with E-state index in [0.29, 0.717) is 0 Å². The molecule has 5 heteroatoms. The fourth-order valence-electron chi connectivity index (χ4n) is 2.46. The predicted molar refractivity (Wildman–Crippen MR) is 71.1 cm³/mol. The Hall–Kier alpha value is -1.07. The van der Waals surface area contributed by atoms with Crippen molar-refractivity contribution in [3.8, 4) is 0 Å². The van der Waals surface area contributed by atoms with Crippen molar-refractivity contribution in [3.63, 3.8) is 0 Å². The van der Waals surface area contributed by atoms with Gasteiger partial charge in [0.1, 0.15) is 0 Å². The number of piperidine rings is 1. The van der Waals surface area contributed by atoms with E-state index in [-0.39, 0.29) is 11.9 Å². The van der Waals surface area contributed by atoms with Gasteiger partial charge in [0.2, 0.25) is 0 Å². The third-order valence-corrected chi connectivity index (χ3v) is 3.77. The van der Waals surface area contributed by atoms with E-state index in [1.54, 1.807) is 0 Å². The molecule has 1 saturated heterocycles. The molecule has 1 aromatic heterocycles. The van der Waals surface area contributed by atoms with Crippen molar-refractivity contribution in [1.29, 1.82) is 0 Å². The predicted octanol–water partition coefficient (Wildman–Crippen LogP) is 2.36. The summed E-state index contributed by atoms with van der Waals surface area (Å²) in [5, 5.41) is 3.40. The van der Waals surface area contributed by atoms with Crippen molar-refractivity contribution in [2.45, 2.75) is 25.4 Å². The second kappa shape index (κ2) is 4.31. The first kappa shape index (κ1) is 11.0. The van der Waals surface area contributed by atoms with Gasteiger partial charge in [-0.3, -0.25) is 9.88 Å². The summed E-state index contributed by atoms with van der Waals surface area (Å²) >= 11 is 3.45. The molecular weight excluding hydrogens is 282 g/mol. The molecule has 4 nitrogen and oxygen atoms in total. The molecule has 0 spiro atoms. The fraction of sp³-hybridized carbons (Fsp3) is 0.417. The molecule has 2 N–H and O–H groups in total. The molecule has 0 bridgehead atoms. The molecule has 1 fully saturated rings. The fourth-order valence-corrected chi connectivity index (χ4v) is 2.81. The van der Waals surface area contributed by atoms with Crippen molar-refractivity contribution in [3.05, 3.63) is 33.2 Å². The van der Waals surface area contributed by atoms with Gasteiger partial charge in [-0.25, -0.2) is 4.79 Å². The van der Waals surface area contributed by atoms with Crippen LogP contribution in [0.4, 0.5) is 0 Å². The molecule has 0 radical (unpaired) electrons. The smallest absolute Gasteiger partial charge is 0.305 e. The van der Waals surface area contributed by atoms with E-state index in [1.807, 2.05) is 22.8 Å². The summed E-state index contributed by atoms with van der Waals surface area (Å²) in [5.74, 6) is 0. The zero-order chi connectivity index (χ0) is 11.8. The minimum absolute atomic E-state index is 0.0301.